The van der Waals surface area contributed by atoms with Crippen LogP contribution in [-0.4, -0.2) is 28.9 Å². The Labute approximate surface area is 97.4 Å². The number of hydrogen-bond donors (Lipinski definition) is 3. The van der Waals surface area contributed by atoms with Crippen LogP contribution in [0.15, 0.2) is 12.1 Å². The molecule has 1 heterocycles. The lowest BCUT2D eigenvalue weighted by Gasteiger charge is -2.06. The van der Waals surface area contributed by atoms with Crippen molar-refractivity contribution < 1.29 is 9.72 Å². The van der Waals surface area contributed by atoms with Crippen LogP contribution in [0.5, 0.6) is 0 Å². The molecule has 0 spiro atoms. The molecular weight excluding hydrogens is 226 g/mol. The molecule has 0 bridgehead atoms. The van der Waals surface area contributed by atoms with E-state index in [1.807, 2.05) is 0 Å². The van der Waals surface area contributed by atoms with E-state index < -0.39 is 4.92 Å². The Balaban J connectivity index is 2.53. The molecule has 0 saturated carbocycles. The zero-order chi connectivity index (χ0) is 12.8. The molecule has 0 aromatic carbocycles. The normalized spacial score (nSPS) is 9.71. The maximum Gasteiger partial charge on any atom is 0.311 e. The van der Waals surface area contributed by atoms with Gasteiger partial charge in [-0.25, -0.2) is 4.98 Å². The maximum atomic E-state index is 10.6. The summed E-state index contributed by atoms with van der Waals surface area (Å²) in [6.07, 6.45) is 0. The van der Waals surface area contributed by atoms with Gasteiger partial charge in [-0.2, -0.15) is 0 Å². The summed E-state index contributed by atoms with van der Waals surface area (Å²) in [5.41, 5.74) is 5.19. The molecule has 0 aliphatic carbocycles. The second-order valence-electron chi connectivity index (χ2n) is 3.27. The van der Waals surface area contributed by atoms with E-state index in [9.17, 15) is 14.9 Å². The van der Waals surface area contributed by atoms with Crippen molar-refractivity contribution >= 4 is 23.2 Å². The van der Waals surface area contributed by atoms with Gasteiger partial charge in [-0.05, 0) is 6.07 Å². The topological polar surface area (TPSA) is 123 Å². The van der Waals surface area contributed by atoms with Gasteiger partial charge in [0.05, 0.1) is 4.92 Å². The van der Waals surface area contributed by atoms with E-state index >= 15 is 0 Å². The number of nitrogens with one attached hydrogen (secondary N) is 2. The fraction of sp³-hybridized carbons (Fsp3) is 0.333. The van der Waals surface area contributed by atoms with E-state index in [0.29, 0.717) is 18.9 Å². The first-order chi connectivity index (χ1) is 8.00. The zero-order valence-electron chi connectivity index (χ0n) is 9.27. The number of hydrogen-bond acceptors (Lipinski definition) is 6. The first kappa shape index (κ1) is 12.7. The number of nitrogens with two attached hydrogens (primary N) is 1. The first-order valence-electron chi connectivity index (χ1n) is 4.90. The average Bonchev–Trinajstić information content (AvgIpc) is 2.23. The van der Waals surface area contributed by atoms with Gasteiger partial charge in [0.15, 0.2) is 0 Å². The summed E-state index contributed by atoms with van der Waals surface area (Å²) in [5.74, 6) is 0.168. The maximum absolute atomic E-state index is 10.6. The zero-order valence-corrected chi connectivity index (χ0v) is 9.27. The van der Waals surface area contributed by atoms with Gasteiger partial charge in [-0.15, -0.1) is 0 Å². The van der Waals surface area contributed by atoms with Crippen molar-refractivity contribution in [3.05, 3.63) is 22.2 Å². The van der Waals surface area contributed by atoms with Gasteiger partial charge >= 0.3 is 5.69 Å². The van der Waals surface area contributed by atoms with Gasteiger partial charge in [0.2, 0.25) is 11.7 Å². The molecule has 0 radical (unpaired) electrons. The van der Waals surface area contributed by atoms with Gasteiger partial charge in [0.25, 0.3) is 0 Å². The Morgan fingerprint density at radius 3 is 2.76 bits per heavy atom. The summed E-state index contributed by atoms with van der Waals surface area (Å²) in [7, 11) is 0. The third-order valence-corrected chi connectivity index (χ3v) is 1.90. The largest absolute Gasteiger partial charge is 0.378 e. The van der Waals surface area contributed by atoms with Crippen LogP contribution >= 0.6 is 0 Å². The summed E-state index contributed by atoms with van der Waals surface area (Å²) in [4.78, 5) is 24.3. The number of nitro groups is 1. The molecule has 8 nitrogen and oxygen atoms in total. The van der Waals surface area contributed by atoms with E-state index in [1.54, 1.807) is 0 Å². The number of carbonyl (C=O) groups is 1. The van der Waals surface area contributed by atoms with Crippen molar-refractivity contribution in [2.45, 2.75) is 6.92 Å². The molecule has 0 atom stereocenters. The van der Waals surface area contributed by atoms with Crippen LogP contribution < -0.4 is 16.4 Å². The average molecular weight is 239 g/mol. The number of aromatic nitrogens is 1. The third-order valence-electron chi connectivity index (χ3n) is 1.90. The summed E-state index contributed by atoms with van der Waals surface area (Å²) in [6, 6.07) is 2.74. The number of carbonyl (C=O) groups excluding carboxylic acids is 1. The molecular formula is C9H13N5O3. The number of anilines is 2. The molecule has 0 unspecified atom stereocenters. The lowest BCUT2D eigenvalue weighted by atomic mass is 10.4. The minimum absolute atomic E-state index is 0.122. The molecule has 17 heavy (non-hydrogen) atoms. The minimum Gasteiger partial charge on any atom is -0.378 e. The van der Waals surface area contributed by atoms with Gasteiger partial charge in [-0.1, -0.05) is 0 Å². The molecule has 1 rings (SSSR count). The SMILES string of the molecule is CC(=O)NCCNc1ccc([N+](=O)[O-])c(N)n1. The highest BCUT2D eigenvalue weighted by Crippen LogP contribution is 2.20. The number of rotatable bonds is 5. The fourth-order valence-electron chi connectivity index (χ4n) is 1.15. The molecule has 0 fully saturated rings. The molecule has 4 N–H and O–H groups in total. The molecule has 0 aliphatic rings. The highest BCUT2D eigenvalue weighted by molar-refractivity contribution is 5.72. The predicted molar refractivity (Wildman–Crippen MR) is 62.5 cm³/mol. The van der Waals surface area contributed by atoms with Crippen LogP contribution in [0.25, 0.3) is 0 Å². The van der Waals surface area contributed by atoms with Gasteiger partial charge in [0, 0.05) is 26.1 Å². The molecule has 1 aromatic rings. The summed E-state index contributed by atoms with van der Waals surface area (Å²) in [6.45, 7) is 2.32. The molecule has 1 amide bonds. The Kier molecular flexibility index (Phi) is 4.21. The minimum atomic E-state index is -0.594. The van der Waals surface area contributed by atoms with Crippen LogP contribution in [0, 0.1) is 10.1 Å². The summed E-state index contributed by atoms with van der Waals surface area (Å²) < 4.78 is 0. The van der Waals surface area contributed by atoms with Gasteiger partial charge in [0.1, 0.15) is 5.82 Å². The van der Waals surface area contributed by atoms with Crippen molar-refractivity contribution in [2.75, 3.05) is 24.1 Å². The molecule has 0 aliphatic heterocycles. The van der Waals surface area contributed by atoms with Crippen LogP contribution in [-0.2, 0) is 4.79 Å². The van der Waals surface area contributed by atoms with Gasteiger partial charge in [-0.3, -0.25) is 14.9 Å². The fourth-order valence-corrected chi connectivity index (χ4v) is 1.15. The molecule has 92 valence electrons. The predicted octanol–water partition coefficient (Wildman–Crippen LogP) is 0.120. The summed E-state index contributed by atoms with van der Waals surface area (Å²) in [5, 5.41) is 16.0. The van der Waals surface area contributed by atoms with Crippen LogP contribution in [0.2, 0.25) is 0 Å². The Hall–Kier alpha value is -2.38. The highest BCUT2D eigenvalue weighted by atomic mass is 16.6. The second kappa shape index (κ2) is 5.64. The van der Waals surface area contributed by atoms with E-state index in [1.165, 1.54) is 19.1 Å². The van der Waals surface area contributed by atoms with E-state index in [0.717, 1.165) is 0 Å². The standard InChI is InChI=1S/C9H13N5O3/c1-6(15)11-4-5-12-8-3-2-7(14(16)17)9(10)13-8/h2-3H,4-5H2,1H3,(H,11,15)(H3,10,12,13). The number of nitrogens with zero attached hydrogens (tertiary/aromatic N) is 2. The van der Waals surface area contributed by atoms with Gasteiger partial charge < -0.3 is 16.4 Å². The second-order valence-corrected chi connectivity index (χ2v) is 3.27. The Bertz CT molecular complexity index is 435. The lowest BCUT2D eigenvalue weighted by Crippen LogP contribution is -2.26. The van der Waals surface area contributed by atoms with E-state index in [-0.39, 0.29) is 17.4 Å². The number of nitrogen functional groups attached to an aromatic ring is 1. The molecule has 0 saturated heterocycles. The van der Waals surface area contributed by atoms with Crippen molar-refractivity contribution in [1.82, 2.24) is 10.3 Å². The Morgan fingerprint density at radius 2 is 2.24 bits per heavy atom. The Morgan fingerprint density at radius 1 is 1.53 bits per heavy atom. The van der Waals surface area contributed by atoms with E-state index in [4.69, 9.17) is 5.73 Å². The van der Waals surface area contributed by atoms with Crippen molar-refractivity contribution in [3.8, 4) is 0 Å². The van der Waals surface area contributed by atoms with Crippen LogP contribution in [0.4, 0.5) is 17.3 Å². The van der Waals surface area contributed by atoms with Crippen LogP contribution in [0.1, 0.15) is 6.92 Å². The number of pyridine rings is 1. The highest BCUT2D eigenvalue weighted by Gasteiger charge is 2.12. The first-order valence-corrected chi connectivity index (χ1v) is 4.90. The van der Waals surface area contributed by atoms with Crippen molar-refractivity contribution in [2.24, 2.45) is 0 Å². The van der Waals surface area contributed by atoms with E-state index in [2.05, 4.69) is 15.6 Å². The quantitative estimate of drug-likeness (QED) is 0.381. The number of amides is 1. The molecule has 8 heteroatoms. The summed E-state index contributed by atoms with van der Waals surface area (Å²) >= 11 is 0. The third kappa shape index (κ3) is 3.93. The lowest BCUT2D eigenvalue weighted by molar-refractivity contribution is -0.384. The smallest absolute Gasteiger partial charge is 0.311 e. The monoisotopic (exact) mass is 239 g/mol. The van der Waals surface area contributed by atoms with Crippen LogP contribution in [0.3, 0.4) is 0 Å². The van der Waals surface area contributed by atoms with Crippen molar-refractivity contribution in [1.29, 1.82) is 0 Å². The van der Waals surface area contributed by atoms with Crippen molar-refractivity contribution in [3.63, 3.8) is 0 Å². The molecule has 1 aromatic heterocycles.